The lowest BCUT2D eigenvalue weighted by Gasteiger charge is -2.18. The maximum absolute atomic E-state index is 12.2. The van der Waals surface area contributed by atoms with E-state index in [4.69, 9.17) is 23.2 Å². The third-order valence-electron chi connectivity index (χ3n) is 3.41. The molecule has 6 heteroatoms. The molecule has 18 heavy (non-hydrogen) atoms. The molecule has 1 aromatic rings. The zero-order valence-electron chi connectivity index (χ0n) is 10.6. The van der Waals surface area contributed by atoms with Crippen LogP contribution >= 0.6 is 34.5 Å². The predicted molar refractivity (Wildman–Crippen MR) is 75.2 cm³/mol. The van der Waals surface area contributed by atoms with Gasteiger partial charge in [0, 0.05) is 11.1 Å². The van der Waals surface area contributed by atoms with Crippen molar-refractivity contribution in [2.75, 3.05) is 0 Å². The number of nitrogens with one attached hydrogen (secondary N) is 1. The molecular formula is C12H16Cl2N2OS. The minimum absolute atomic E-state index is 0.0576. The van der Waals surface area contributed by atoms with Crippen LogP contribution in [0.5, 0.6) is 0 Å². The van der Waals surface area contributed by atoms with Crippen molar-refractivity contribution in [1.29, 1.82) is 0 Å². The van der Waals surface area contributed by atoms with E-state index >= 15 is 0 Å². The number of carbonyl (C=O) groups is 1. The van der Waals surface area contributed by atoms with Crippen LogP contribution in [0.25, 0.3) is 0 Å². The van der Waals surface area contributed by atoms with Crippen LogP contribution in [0.4, 0.5) is 0 Å². The van der Waals surface area contributed by atoms with Crippen LogP contribution in [0.2, 0.25) is 0 Å². The van der Waals surface area contributed by atoms with E-state index in [2.05, 4.69) is 10.3 Å². The number of rotatable bonds is 4. The highest BCUT2D eigenvalue weighted by Gasteiger charge is 2.68. The molecule has 1 aromatic heterocycles. The molecule has 0 aromatic carbocycles. The normalized spacial score (nSPS) is 26.7. The van der Waals surface area contributed by atoms with Crippen LogP contribution in [0.3, 0.4) is 0 Å². The number of carbonyl (C=O) groups excluding carboxylic acids is 1. The number of nitrogens with zero attached hydrogens (tertiary/aromatic N) is 1. The molecule has 0 saturated heterocycles. The summed E-state index contributed by atoms with van der Waals surface area (Å²) in [5.74, 6) is -0.0906. The standard InChI is InChI=1S/C12H16Cl2N2OS/c1-4-8(9-15-7(2)5-18-9)16-10(17)11(3)6-12(11,13)14/h5,8H,4,6H2,1-3H3,(H,16,17)/t8-,11-/m1/s1. The number of alkyl halides is 2. The highest BCUT2D eigenvalue weighted by atomic mass is 35.5. The fourth-order valence-electron chi connectivity index (χ4n) is 1.83. The van der Waals surface area contributed by atoms with Crippen molar-refractivity contribution in [1.82, 2.24) is 10.3 Å². The fourth-order valence-corrected chi connectivity index (χ4v) is 3.47. The summed E-state index contributed by atoms with van der Waals surface area (Å²) < 4.78 is -0.922. The van der Waals surface area contributed by atoms with E-state index in [1.54, 1.807) is 18.3 Å². The van der Waals surface area contributed by atoms with Gasteiger partial charge >= 0.3 is 0 Å². The Morgan fingerprint density at radius 2 is 2.28 bits per heavy atom. The topological polar surface area (TPSA) is 42.0 Å². The molecule has 2 rings (SSSR count). The van der Waals surface area contributed by atoms with Crippen LogP contribution in [0.1, 0.15) is 43.4 Å². The second kappa shape index (κ2) is 4.66. The average Bonchev–Trinajstić information content (AvgIpc) is 2.62. The van der Waals surface area contributed by atoms with Crippen molar-refractivity contribution in [2.45, 2.75) is 44.0 Å². The maximum Gasteiger partial charge on any atom is 0.229 e. The highest BCUT2D eigenvalue weighted by Crippen LogP contribution is 2.63. The van der Waals surface area contributed by atoms with E-state index in [9.17, 15) is 4.79 Å². The second-order valence-electron chi connectivity index (χ2n) is 4.97. The zero-order chi connectivity index (χ0) is 13.6. The first-order chi connectivity index (χ1) is 8.30. The number of halogens is 2. The molecule has 1 N–H and O–H groups in total. The largest absolute Gasteiger partial charge is 0.346 e. The molecule has 1 aliphatic rings. The number of aryl methyl sites for hydroxylation is 1. The van der Waals surface area contributed by atoms with E-state index in [1.807, 2.05) is 19.2 Å². The number of aromatic nitrogens is 1. The molecule has 1 fully saturated rings. The van der Waals surface area contributed by atoms with Gasteiger partial charge < -0.3 is 5.32 Å². The summed E-state index contributed by atoms with van der Waals surface area (Å²) >= 11 is 13.6. The Labute approximate surface area is 121 Å². The molecule has 100 valence electrons. The van der Waals surface area contributed by atoms with Gasteiger partial charge in [-0.2, -0.15) is 0 Å². The van der Waals surface area contributed by atoms with Gasteiger partial charge in [-0.25, -0.2) is 4.98 Å². The van der Waals surface area contributed by atoms with Crippen molar-refractivity contribution >= 4 is 40.4 Å². The summed E-state index contributed by atoms with van der Waals surface area (Å²) in [5, 5.41) is 5.91. The Hall–Kier alpha value is -0.320. The monoisotopic (exact) mass is 306 g/mol. The first kappa shape index (κ1) is 14.1. The minimum atomic E-state index is -0.922. The van der Waals surface area contributed by atoms with Gasteiger partial charge in [-0.1, -0.05) is 6.92 Å². The molecule has 0 spiro atoms. The first-order valence-corrected chi connectivity index (χ1v) is 7.54. The summed E-state index contributed by atoms with van der Waals surface area (Å²) in [6, 6.07) is -0.0576. The van der Waals surface area contributed by atoms with Crippen LogP contribution in [-0.4, -0.2) is 15.2 Å². The molecule has 3 nitrogen and oxygen atoms in total. The van der Waals surface area contributed by atoms with E-state index in [0.29, 0.717) is 6.42 Å². The Morgan fingerprint density at radius 1 is 1.67 bits per heavy atom. The Kier molecular flexibility index (Phi) is 3.65. The summed E-state index contributed by atoms with van der Waals surface area (Å²) in [6.45, 7) is 5.76. The third kappa shape index (κ3) is 2.38. The lowest BCUT2D eigenvalue weighted by Crippen LogP contribution is -2.36. The molecule has 0 aliphatic heterocycles. The lowest BCUT2D eigenvalue weighted by atomic mass is 10.1. The van der Waals surface area contributed by atoms with E-state index in [0.717, 1.165) is 17.1 Å². The zero-order valence-corrected chi connectivity index (χ0v) is 12.9. The van der Waals surface area contributed by atoms with Crippen LogP contribution < -0.4 is 5.32 Å². The minimum Gasteiger partial charge on any atom is -0.346 e. The van der Waals surface area contributed by atoms with Crippen molar-refractivity contribution in [3.63, 3.8) is 0 Å². The smallest absolute Gasteiger partial charge is 0.229 e. The first-order valence-electron chi connectivity index (χ1n) is 5.91. The summed E-state index contributed by atoms with van der Waals surface area (Å²) in [7, 11) is 0. The molecular weight excluding hydrogens is 291 g/mol. The van der Waals surface area contributed by atoms with Crippen molar-refractivity contribution in [2.24, 2.45) is 5.41 Å². The molecule has 1 saturated carbocycles. The van der Waals surface area contributed by atoms with Gasteiger partial charge in [-0.15, -0.1) is 34.5 Å². The lowest BCUT2D eigenvalue weighted by molar-refractivity contribution is -0.126. The quantitative estimate of drug-likeness (QED) is 0.864. The third-order valence-corrected chi connectivity index (χ3v) is 5.59. The fraction of sp³-hybridized carbons (Fsp3) is 0.667. The number of hydrogen-bond donors (Lipinski definition) is 1. The predicted octanol–water partition coefficient (Wildman–Crippen LogP) is 3.60. The Balaban J connectivity index is 2.06. The molecule has 0 bridgehead atoms. The number of hydrogen-bond acceptors (Lipinski definition) is 3. The summed E-state index contributed by atoms with van der Waals surface area (Å²) in [5.41, 5.74) is 0.305. The van der Waals surface area contributed by atoms with Gasteiger partial charge in [0.2, 0.25) is 5.91 Å². The molecule has 1 aliphatic carbocycles. The summed E-state index contributed by atoms with van der Waals surface area (Å²) in [4.78, 5) is 16.6. The van der Waals surface area contributed by atoms with Gasteiger partial charge in [-0.3, -0.25) is 4.79 Å². The van der Waals surface area contributed by atoms with Crippen molar-refractivity contribution in [3.05, 3.63) is 16.1 Å². The van der Waals surface area contributed by atoms with E-state index in [1.165, 1.54) is 0 Å². The Morgan fingerprint density at radius 3 is 2.67 bits per heavy atom. The highest BCUT2D eigenvalue weighted by molar-refractivity contribution is 7.09. The van der Waals surface area contributed by atoms with E-state index < -0.39 is 9.75 Å². The molecule has 0 unspecified atom stereocenters. The van der Waals surface area contributed by atoms with Crippen molar-refractivity contribution in [3.8, 4) is 0 Å². The van der Waals surface area contributed by atoms with Crippen molar-refractivity contribution < 1.29 is 4.79 Å². The average molecular weight is 307 g/mol. The van der Waals surface area contributed by atoms with Gasteiger partial charge in [-0.05, 0) is 26.7 Å². The Bertz CT molecular complexity index is 474. The molecule has 0 radical (unpaired) electrons. The maximum atomic E-state index is 12.2. The van der Waals surface area contributed by atoms with Crippen LogP contribution in [-0.2, 0) is 4.79 Å². The SMILES string of the molecule is CC[C@@H](NC(=O)[C@@]1(C)CC1(Cl)Cl)c1nc(C)cs1. The van der Waals surface area contributed by atoms with E-state index in [-0.39, 0.29) is 11.9 Å². The van der Waals surface area contributed by atoms with Gasteiger partial charge in [0.15, 0.2) is 0 Å². The van der Waals surface area contributed by atoms with Gasteiger partial charge in [0.05, 0.1) is 11.5 Å². The molecule has 1 amide bonds. The molecule has 1 heterocycles. The van der Waals surface area contributed by atoms with Gasteiger partial charge in [0.1, 0.15) is 9.34 Å². The van der Waals surface area contributed by atoms with Crippen LogP contribution in [0, 0.1) is 12.3 Å². The second-order valence-corrected chi connectivity index (χ2v) is 7.35. The van der Waals surface area contributed by atoms with Crippen LogP contribution in [0.15, 0.2) is 5.38 Å². The summed E-state index contributed by atoms with van der Waals surface area (Å²) in [6.07, 6.45) is 1.30. The number of amides is 1. The van der Waals surface area contributed by atoms with Gasteiger partial charge in [0.25, 0.3) is 0 Å². The molecule has 2 atom stereocenters. The number of thiazole rings is 1.